The van der Waals surface area contributed by atoms with Crippen LogP contribution in [0, 0.1) is 11.3 Å². The summed E-state index contributed by atoms with van der Waals surface area (Å²) in [6.07, 6.45) is 1.11. The first-order valence-corrected chi connectivity index (χ1v) is 5.13. The third kappa shape index (κ3) is 2.37. The number of carbonyl (C=O) groups is 1. The van der Waals surface area contributed by atoms with Gasteiger partial charge in [0.05, 0.1) is 12.5 Å². The van der Waals surface area contributed by atoms with Crippen LogP contribution in [-0.2, 0) is 13.0 Å². The first kappa shape index (κ1) is 11.0. The van der Waals surface area contributed by atoms with E-state index in [9.17, 15) is 4.79 Å². The van der Waals surface area contributed by atoms with Gasteiger partial charge in [-0.15, -0.1) is 0 Å². The summed E-state index contributed by atoms with van der Waals surface area (Å²) in [5.41, 5.74) is 2.76. The maximum atomic E-state index is 10.4. The van der Waals surface area contributed by atoms with Crippen molar-refractivity contribution in [3.8, 4) is 6.07 Å². The lowest BCUT2D eigenvalue weighted by molar-refractivity contribution is 0.194. The minimum Gasteiger partial charge on any atom is -0.465 e. The fraction of sp³-hybridized carbons (Fsp3) is 0.167. The van der Waals surface area contributed by atoms with Gasteiger partial charge in [-0.1, -0.05) is 6.07 Å². The van der Waals surface area contributed by atoms with Crippen LogP contribution in [0.3, 0.4) is 0 Å². The van der Waals surface area contributed by atoms with Gasteiger partial charge in [0.1, 0.15) is 0 Å². The molecule has 5 heteroatoms. The van der Waals surface area contributed by atoms with Crippen molar-refractivity contribution in [2.24, 2.45) is 0 Å². The molecular formula is C12H11N3O2. The monoisotopic (exact) mass is 229 g/mol. The highest BCUT2D eigenvalue weighted by Gasteiger charge is 2.04. The molecule has 17 heavy (non-hydrogen) atoms. The molecule has 0 aliphatic heterocycles. The Hall–Kier alpha value is -2.48. The van der Waals surface area contributed by atoms with Crippen LogP contribution in [0.2, 0.25) is 0 Å². The summed E-state index contributed by atoms with van der Waals surface area (Å²) in [7, 11) is 0. The summed E-state index contributed by atoms with van der Waals surface area (Å²) in [5, 5.41) is 20.5. The summed E-state index contributed by atoms with van der Waals surface area (Å²) in [4.78, 5) is 13.5. The minimum absolute atomic E-state index is 0.266. The van der Waals surface area contributed by atoms with Gasteiger partial charge in [0.15, 0.2) is 0 Å². The zero-order chi connectivity index (χ0) is 12.3. The average Bonchev–Trinajstić information content (AvgIpc) is 2.70. The van der Waals surface area contributed by atoms with E-state index in [-0.39, 0.29) is 6.54 Å². The lowest BCUT2D eigenvalue weighted by Crippen LogP contribution is -2.19. The lowest BCUT2D eigenvalue weighted by atomic mass is 10.1. The van der Waals surface area contributed by atoms with Gasteiger partial charge in [-0.25, -0.2) is 4.79 Å². The van der Waals surface area contributed by atoms with E-state index in [2.05, 4.69) is 16.4 Å². The van der Waals surface area contributed by atoms with Crippen LogP contribution in [0.1, 0.15) is 11.1 Å². The molecule has 1 amide bonds. The summed E-state index contributed by atoms with van der Waals surface area (Å²) >= 11 is 0. The zero-order valence-corrected chi connectivity index (χ0v) is 9.03. The Kier molecular flexibility index (Phi) is 2.97. The number of fused-ring (bicyclic) bond motifs is 1. The van der Waals surface area contributed by atoms with Crippen molar-refractivity contribution < 1.29 is 9.90 Å². The number of aromatic amines is 1. The normalized spacial score (nSPS) is 10.1. The van der Waals surface area contributed by atoms with Crippen LogP contribution in [-0.4, -0.2) is 16.2 Å². The minimum atomic E-state index is -1.04. The first-order chi connectivity index (χ1) is 8.20. The van der Waals surface area contributed by atoms with Gasteiger partial charge in [0.25, 0.3) is 0 Å². The van der Waals surface area contributed by atoms with Gasteiger partial charge in [-0.05, 0) is 23.3 Å². The number of aromatic nitrogens is 1. The summed E-state index contributed by atoms with van der Waals surface area (Å²) in [5.74, 6) is 0. The Labute approximate surface area is 97.7 Å². The number of benzene rings is 1. The molecule has 0 unspecified atom stereocenters. The molecule has 0 fully saturated rings. The maximum Gasteiger partial charge on any atom is 0.404 e. The van der Waals surface area contributed by atoms with E-state index in [1.54, 1.807) is 0 Å². The second kappa shape index (κ2) is 4.58. The number of amides is 1. The van der Waals surface area contributed by atoms with Crippen molar-refractivity contribution in [3.05, 3.63) is 35.5 Å². The number of rotatable bonds is 3. The van der Waals surface area contributed by atoms with Crippen molar-refractivity contribution in [1.82, 2.24) is 10.3 Å². The molecular weight excluding hydrogens is 218 g/mol. The van der Waals surface area contributed by atoms with E-state index < -0.39 is 6.09 Å². The van der Waals surface area contributed by atoms with Crippen molar-refractivity contribution in [3.63, 3.8) is 0 Å². The molecule has 0 bridgehead atoms. The largest absolute Gasteiger partial charge is 0.465 e. The third-order valence-corrected chi connectivity index (χ3v) is 2.55. The molecule has 0 saturated carbocycles. The lowest BCUT2D eigenvalue weighted by Gasteiger charge is -2.02. The van der Waals surface area contributed by atoms with Crippen LogP contribution >= 0.6 is 0 Å². The first-order valence-electron chi connectivity index (χ1n) is 5.13. The number of carboxylic acid groups (broad SMARTS) is 1. The van der Waals surface area contributed by atoms with Gasteiger partial charge in [-0.3, -0.25) is 0 Å². The highest BCUT2D eigenvalue weighted by molar-refractivity contribution is 5.84. The van der Waals surface area contributed by atoms with E-state index >= 15 is 0 Å². The molecule has 3 N–H and O–H groups in total. The predicted molar refractivity (Wildman–Crippen MR) is 62.5 cm³/mol. The molecule has 86 valence electrons. The third-order valence-electron chi connectivity index (χ3n) is 2.55. The van der Waals surface area contributed by atoms with E-state index in [1.165, 1.54) is 0 Å². The second-order valence-electron chi connectivity index (χ2n) is 3.69. The fourth-order valence-electron chi connectivity index (χ4n) is 1.74. The molecule has 0 aliphatic rings. The summed E-state index contributed by atoms with van der Waals surface area (Å²) in [6.45, 7) is 0.266. The molecule has 1 aromatic carbocycles. The summed E-state index contributed by atoms with van der Waals surface area (Å²) < 4.78 is 0. The molecule has 0 radical (unpaired) electrons. The van der Waals surface area contributed by atoms with Crippen molar-refractivity contribution in [1.29, 1.82) is 5.26 Å². The topological polar surface area (TPSA) is 88.9 Å². The van der Waals surface area contributed by atoms with Crippen molar-refractivity contribution in [2.75, 3.05) is 0 Å². The van der Waals surface area contributed by atoms with E-state index in [4.69, 9.17) is 10.4 Å². The van der Waals surface area contributed by atoms with E-state index in [1.807, 2.05) is 24.4 Å². The predicted octanol–water partition coefficient (Wildman–Crippen LogP) is 2.00. The molecule has 2 rings (SSSR count). The Morgan fingerprint density at radius 3 is 3.06 bits per heavy atom. The van der Waals surface area contributed by atoms with Crippen LogP contribution in [0.5, 0.6) is 0 Å². The van der Waals surface area contributed by atoms with Crippen LogP contribution in [0.25, 0.3) is 10.9 Å². The number of hydrogen-bond acceptors (Lipinski definition) is 2. The highest BCUT2D eigenvalue weighted by atomic mass is 16.4. The molecule has 0 aliphatic carbocycles. The average molecular weight is 229 g/mol. The standard InChI is InChI=1S/C12H11N3O2/c13-4-3-9-7-14-11-2-1-8(5-10(9)11)6-15-12(16)17/h1-2,5,7,14-15H,3,6H2,(H,16,17). The second-order valence-corrected chi connectivity index (χ2v) is 3.69. The zero-order valence-electron chi connectivity index (χ0n) is 9.03. The maximum absolute atomic E-state index is 10.4. The van der Waals surface area contributed by atoms with Gasteiger partial charge < -0.3 is 15.4 Å². The van der Waals surface area contributed by atoms with E-state index in [0.717, 1.165) is 22.0 Å². The number of nitriles is 1. The number of hydrogen-bond donors (Lipinski definition) is 3. The Morgan fingerprint density at radius 1 is 1.53 bits per heavy atom. The van der Waals surface area contributed by atoms with Crippen LogP contribution < -0.4 is 5.32 Å². The fourth-order valence-corrected chi connectivity index (χ4v) is 1.74. The number of nitrogens with zero attached hydrogens (tertiary/aromatic N) is 1. The molecule has 2 aromatic rings. The molecule has 1 heterocycles. The number of H-pyrrole nitrogens is 1. The van der Waals surface area contributed by atoms with Gasteiger partial charge >= 0.3 is 6.09 Å². The molecule has 0 spiro atoms. The summed E-state index contributed by atoms with van der Waals surface area (Å²) in [6, 6.07) is 7.74. The Balaban J connectivity index is 2.31. The van der Waals surface area contributed by atoms with Gasteiger partial charge in [0, 0.05) is 23.6 Å². The molecule has 1 aromatic heterocycles. The van der Waals surface area contributed by atoms with Gasteiger partial charge in [0.2, 0.25) is 0 Å². The molecule has 5 nitrogen and oxygen atoms in total. The number of nitrogens with one attached hydrogen (secondary N) is 2. The van der Waals surface area contributed by atoms with Crippen molar-refractivity contribution >= 4 is 17.0 Å². The smallest absolute Gasteiger partial charge is 0.404 e. The quantitative estimate of drug-likeness (QED) is 0.752. The SMILES string of the molecule is N#CCc1c[nH]c2ccc(CNC(=O)O)cc12. The molecule has 0 atom stereocenters. The van der Waals surface area contributed by atoms with Gasteiger partial charge in [-0.2, -0.15) is 5.26 Å². The Bertz CT molecular complexity index is 595. The van der Waals surface area contributed by atoms with Crippen LogP contribution in [0.15, 0.2) is 24.4 Å². The van der Waals surface area contributed by atoms with Crippen LogP contribution in [0.4, 0.5) is 4.79 Å². The highest BCUT2D eigenvalue weighted by Crippen LogP contribution is 2.20. The van der Waals surface area contributed by atoms with Crippen molar-refractivity contribution in [2.45, 2.75) is 13.0 Å². The Morgan fingerprint density at radius 2 is 2.35 bits per heavy atom. The van der Waals surface area contributed by atoms with E-state index in [0.29, 0.717) is 6.42 Å². The molecule has 0 saturated heterocycles.